The summed E-state index contributed by atoms with van der Waals surface area (Å²) >= 11 is 0. The van der Waals surface area contributed by atoms with Gasteiger partial charge < -0.3 is 5.11 Å². The molecule has 0 amide bonds. The van der Waals surface area contributed by atoms with E-state index in [9.17, 15) is 14.3 Å². The first kappa shape index (κ1) is 15.2. The SMILES string of the molecule is CCCCCc1ccc(-c2c(F)cccc2C(=O)O)cc1. The van der Waals surface area contributed by atoms with Crippen molar-refractivity contribution in [3.8, 4) is 11.1 Å². The van der Waals surface area contributed by atoms with E-state index in [1.807, 2.05) is 12.1 Å². The Morgan fingerprint density at radius 1 is 1.10 bits per heavy atom. The summed E-state index contributed by atoms with van der Waals surface area (Å²) in [5.74, 6) is -1.62. The van der Waals surface area contributed by atoms with E-state index < -0.39 is 11.8 Å². The number of hydrogen-bond acceptors (Lipinski definition) is 1. The number of carboxylic acids is 1. The second-order valence-electron chi connectivity index (χ2n) is 5.12. The van der Waals surface area contributed by atoms with E-state index in [0.717, 1.165) is 12.8 Å². The topological polar surface area (TPSA) is 37.3 Å². The molecule has 0 radical (unpaired) electrons. The van der Waals surface area contributed by atoms with Gasteiger partial charge in [0.25, 0.3) is 0 Å². The van der Waals surface area contributed by atoms with Gasteiger partial charge in [0.15, 0.2) is 0 Å². The van der Waals surface area contributed by atoms with Crippen molar-refractivity contribution < 1.29 is 14.3 Å². The first-order valence-corrected chi connectivity index (χ1v) is 7.24. The molecule has 0 saturated carbocycles. The fourth-order valence-electron chi connectivity index (χ4n) is 2.41. The minimum absolute atomic E-state index is 0.00580. The smallest absolute Gasteiger partial charge is 0.336 e. The lowest BCUT2D eigenvalue weighted by molar-refractivity contribution is 0.0697. The van der Waals surface area contributed by atoms with E-state index in [2.05, 4.69) is 6.92 Å². The molecule has 0 aliphatic carbocycles. The van der Waals surface area contributed by atoms with Crippen molar-refractivity contribution in [3.05, 3.63) is 59.4 Å². The quantitative estimate of drug-likeness (QED) is 0.765. The van der Waals surface area contributed by atoms with Gasteiger partial charge in [0.05, 0.1) is 5.56 Å². The second-order valence-corrected chi connectivity index (χ2v) is 5.12. The van der Waals surface area contributed by atoms with Crippen LogP contribution in [0.5, 0.6) is 0 Å². The number of benzene rings is 2. The Hall–Kier alpha value is -2.16. The van der Waals surface area contributed by atoms with Gasteiger partial charge in [-0.15, -0.1) is 0 Å². The van der Waals surface area contributed by atoms with Crippen LogP contribution in [0.4, 0.5) is 4.39 Å². The van der Waals surface area contributed by atoms with Gasteiger partial charge in [0.1, 0.15) is 5.82 Å². The van der Waals surface area contributed by atoms with Gasteiger partial charge in [-0.05, 0) is 36.1 Å². The first-order chi connectivity index (χ1) is 10.1. The average Bonchev–Trinajstić information content (AvgIpc) is 2.48. The molecule has 2 aromatic rings. The fraction of sp³-hybridized carbons (Fsp3) is 0.278. The standard InChI is InChI=1S/C18H19FO2/c1-2-3-4-6-13-9-11-14(12-10-13)17-15(18(20)21)7-5-8-16(17)19/h5,7-12H,2-4,6H2,1H3,(H,20,21). The minimum Gasteiger partial charge on any atom is -0.478 e. The molecule has 110 valence electrons. The Kier molecular flexibility index (Phi) is 5.09. The lowest BCUT2D eigenvalue weighted by atomic mass is 9.97. The van der Waals surface area contributed by atoms with Crippen molar-refractivity contribution in [1.82, 2.24) is 0 Å². The van der Waals surface area contributed by atoms with Crippen LogP contribution >= 0.6 is 0 Å². The Labute approximate surface area is 124 Å². The monoisotopic (exact) mass is 286 g/mol. The molecular weight excluding hydrogens is 267 g/mol. The van der Waals surface area contributed by atoms with Gasteiger partial charge in [0, 0.05) is 5.56 Å². The number of carbonyl (C=O) groups is 1. The van der Waals surface area contributed by atoms with Crippen LogP contribution in [0, 0.1) is 5.82 Å². The molecule has 0 aliphatic rings. The number of aromatic carboxylic acids is 1. The van der Waals surface area contributed by atoms with E-state index in [4.69, 9.17) is 0 Å². The molecule has 0 spiro atoms. The largest absolute Gasteiger partial charge is 0.478 e. The molecule has 0 aliphatic heterocycles. The summed E-state index contributed by atoms with van der Waals surface area (Å²) in [6.07, 6.45) is 4.50. The summed E-state index contributed by atoms with van der Waals surface area (Å²) < 4.78 is 14.0. The summed E-state index contributed by atoms with van der Waals surface area (Å²) in [5.41, 5.74) is 1.95. The molecular formula is C18H19FO2. The average molecular weight is 286 g/mol. The van der Waals surface area contributed by atoms with Crippen molar-refractivity contribution in [2.24, 2.45) is 0 Å². The van der Waals surface area contributed by atoms with Gasteiger partial charge in [-0.2, -0.15) is 0 Å². The predicted octanol–water partition coefficient (Wildman–Crippen LogP) is 4.92. The maximum atomic E-state index is 14.0. The normalized spacial score (nSPS) is 10.6. The number of aryl methyl sites for hydroxylation is 1. The van der Waals surface area contributed by atoms with E-state index in [1.165, 1.54) is 36.6 Å². The Bertz CT molecular complexity index is 618. The number of rotatable bonds is 6. The van der Waals surface area contributed by atoms with Crippen molar-refractivity contribution in [2.75, 3.05) is 0 Å². The molecule has 3 heteroatoms. The van der Waals surface area contributed by atoms with E-state index in [0.29, 0.717) is 5.56 Å². The van der Waals surface area contributed by atoms with Crippen LogP contribution < -0.4 is 0 Å². The molecule has 0 aromatic heterocycles. The zero-order valence-electron chi connectivity index (χ0n) is 12.1. The van der Waals surface area contributed by atoms with E-state index in [1.54, 1.807) is 12.1 Å². The Morgan fingerprint density at radius 3 is 2.43 bits per heavy atom. The summed E-state index contributed by atoms with van der Waals surface area (Å²) in [7, 11) is 0. The minimum atomic E-state index is -1.11. The number of halogens is 1. The van der Waals surface area contributed by atoms with Crippen molar-refractivity contribution in [2.45, 2.75) is 32.6 Å². The van der Waals surface area contributed by atoms with Crippen LogP contribution in [0.3, 0.4) is 0 Å². The highest BCUT2D eigenvalue weighted by molar-refractivity contribution is 5.96. The third-order valence-corrected chi connectivity index (χ3v) is 3.56. The molecule has 0 heterocycles. The van der Waals surface area contributed by atoms with Crippen molar-refractivity contribution >= 4 is 5.97 Å². The van der Waals surface area contributed by atoms with Crippen molar-refractivity contribution in [1.29, 1.82) is 0 Å². The highest BCUT2D eigenvalue weighted by Gasteiger charge is 2.15. The van der Waals surface area contributed by atoms with Crippen LogP contribution in [-0.2, 0) is 6.42 Å². The zero-order chi connectivity index (χ0) is 15.2. The predicted molar refractivity (Wildman–Crippen MR) is 82.0 cm³/mol. The van der Waals surface area contributed by atoms with Gasteiger partial charge in [-0.25, -0.2) is 9.18 Å². The van der Waals surface area contributed by atoms with Crippen LogP contribution in [0.25, 0.3) is 11.1 Å². The van der Waals surface area contributed by atoms with E-state index in [-0.39, 0.29) is 11.1 Å². The Balaban J connectivity index is 2.29. The molecule has 21 heavy (non-hydrogen) atoms. The molecule has 0 unspecified atom stereocenters. The maximum Gasteiger partial charge on any atom is 0.336 e. The molecule has 0 atom stereocenters. The Morgan fingerprint density at radius 2 is 1.81 bits per heavy atom. The maximum absolute atomic E-state index is 14.0. The van der Waals surface area contributed by atoms with Gasteiger partial charge in [0.2, 0.25) is 0 Å². The lowest BCUT2D eigenvalue weighted by Gasteiger charge is -2.09. The summed E-state index contributed by atoms with van der Waals surface area (Å²) in [6.45, 7) is 2.16. The molecule has 1 N–H and O–H groups in total. The number of carboxylic acid groups (broad SMARTS) is 1. The molecule has 0 bridgehead atoms. The molecule has 2 aromatic carbocycles. The summed E-state index contributed by atoms with van der Waals surface area (Å²) in [5, 5.41) is 9.18. The second kappa shape index (κ2) is 7.02. The van der Waals surface area contributed by atoms with Gasteiger partial charge >= 0.3 is 5.97 Å². The fourth-order valence-corrected chi connectivity index (χ4v) is 2.41. The molecule has 0 saturated heterocycles. The lowest BCUT2D eigenvalue weighted by Crippen LogP contribution is -2.01. The highest BCUT2D eigenvalue weighted by atomic mass is 19.1. The third kappa shape index (κ3) is 3.69. The van der Waals surface area contributed by atoms with Crippen molar-refractivity contribution in [3.63, 3.8) is 0 Å². The van der Waals surface area contributed by atoms with Crippen LogP contribution in [-0.4, -0.2) is 11.1 Å². The van der Waals surface area contributed by atoms with Crippen LogP contribution in [0.1, 0.15) is 42.1 Å². The third-order valence-electron chi connectivity index (χ3n) is 3.56. The summed E-state index contributed by atoms with van der Waals surface area (Å²) in [6, 6.07) is 11.6. The number of unbranched alkanes of at least 4 members (excludes halogenated alkanes) is 2. The molecule has 2 nitrogen and oxygen atoms in total. The molecule has 2 rings (SSSR count). The van der Waals surface area contributed by atoms with E-state index >= 15 is 0 Å². The highest BCUT2D eigenvalue weighted by Crippen LogP contribution is 2.27. The zero-order valence-corrected chi connectivity index (χ0v) is 12.1. The van der Waals surface area contributed by atoms with Gasteiger partial charge in [-0.3, -0.25) is 0 Å². The van der Waals surface area contributed by atoms with Crippen LogP contribution in [0.2, 0.25) is 0 Å². The van der Waals surface area contributed by atoms with Gasteiger partial charge in [-0.1, -0.05) is 50.1 Å². The first-order valence-electron chi connectivity index (χ1n) is 7.24. The summed E-state index contributed by atoms with van der Waals surface area (Å²) in [4.78, 5) is 11.2. The number of hydrogen-bond donors (Lipinski definition) is 1. The van der Waals surface area contributed by atoms with Crippen LogP contribution in [0.15, 0.2) is 42.5 Å². The molecule has 0 fully saturated rings.